The van der Waals surface area contributed by atoms with Gasteiger partial charge in [0.05, 0.1) is 11.3 Å². The van der Waals surface area contributed by atoms with Crippen molar-refractivity contribution in [1.29, 1.82) is 0 Å². The molecule has 2 heterocycles. The van der Waals surface area contributed by atoms with Crippen molar-refractivity contribution in [3.05, 3.63) is 69.7 Å². The Hall–Kier alpha value is -2.90. The average Bonchev–Trinajstić information content (AvgIpc) is 3.20. The number of halogens is 1. The van der Waals surface area contributed by atoms with Crippen LogP contribution in [-0.4, -0.2) is 41.6 Å². The minimum absolute atomic E-state index is 0.106. The number of anilines is 1. The van der Waals surface area contributed by atoms with E-state index in [0.29, 0.717) is 28.1 Å². The molecule has 1 atom stereocenters. The molecule has 1 amide bonds. The highest BCUT2D eigenvalue weighted by atomic mass is 35.5. The fraction of sp³-hybridized carbons (Fsp3) is 0.292. The third kappa shape index (κ3) is 5.11. The van der Waals surface area contributed by atoms with Crippen molar-refractivity contribution >= 4 is 40.5 Å². The number of nitrogens with zero attached hydrogens (tertiary/aromatic N) is 2. The zero-order chi connectivity index (χ0) is 22.7. The van der Waals surface area contributed by atoms with Crippen molar-refractivity contribution in [2.75, 3.05) is 24.5 Å². The first-order chi connectivity index (χ1) is 15.4. The number of carboxylic acid groups (broad SMARTS) is 1. The molecule has 0 aliphatic carbocycles. The lowest BCUT2D eigenvalue weighted by atomic mass is 9.97. The Morgan fingerprint density at radius 2 is 2.03 bits per heavy atom. The van der Waals surface area contributed by atoms with Crippen LogP contribution in [0.2, 0.25) is 5.02 Å². The highest BCUT2D eigenvalue weighted by Gasteiger charge is 2.23. The molecule has 0 spiro atoms. The third-order valence-electron chi connectivity index (χ3n) is 5.62. The van der Waals surface area contributed by atoms with Crippen LogP contribution in [0.1, 0.15) is 38.6 Å². The van der Waals surface area contributed by atoms with Gasteiger partial charge in [-0.3, -0.25) is 4.79 Å². The fourth-order valence-corrected chi connectivity index (χ4v) is 5.06. The molecule has 0 saturated carbocycles. The van der Waals surface area contributed by atoms with Crippen molar-refractivity contribution < 1.29 is 14.7 Å². The first-order valence-corrected chi connectivity index (χ1v) is 11.7. The Kier molecular flexibility index (Phi) is 6.77. The maximum atomic E-state index is 12.8. The number of aromatic carboxylic acids is 1. The predicted octanol–water partition coefficient (Wildman–Crippen LogP) is 5.12. The van der Waals surface area contributed by atoms with E-state index in [0.717, 1.165) is 42.2 Å². The lowest BCUT2D eigenvalue weighted by molar-refractivity contribution is 0.0696. The molecular formula is C24H24ClN3O3S. The van der Waals surface area contributed by atoms with E-state index in [-0.39, 0.29) is 11.5 Å². The molecule has 166 valence electrons. The molecule has 0 unspecified atom stereocenters. The number of piperidine rings is 1. The summed E-state index contributed by atoms with van der Waals surface area (Å²) in [5.41, 5.74) is 2.85. The van der Waals surface area contributed by atoms with Crippen molar-refractivity contribution in [2.24, 2.45) is 5.92 Å². The number of nitrogens with one attached hydrogen (secondary N) is 1. The van der Waals surface area contributed by atoms with Gasteiger partial charge in [0.15, 0.2) is 0 Å². The lowest BCUT2D eigenvalue weighted by Crippen LogP contribution is -2.41. The lowest BCUT2D eigenvalue weighted by Gasteiger charge is -2.34. The molecule has 8 heteroatoms. The Morgan fingerprint density at radius 3 is 2.78 bits per heavy atom. The molecule has 1 saturated heterocycles. The van der Waals surface area contributed by atoms with Gasteiger partial charge in [-0.15, -0.1) is 11.3 Å². The largest absolute Gasteiger partial charge is 0.478 e. The van der Waals surface area contributed by atoms with Gasteiger partial charge in [0, 0.05) is 35.9 Å². The van der Waals surface area contributed by atoms with Crippen LogP contribution in [0.4, 0.5) is 5.69 Å². The monoisotopic (exact) mass is 469 g/mol. The molecule has 32 heavy (non-hydrogen) atoms. The second kappa shape index (κ2) is 9.71. The average molecular weight is 470 g/mol. The number of aryl methyl sites for hydroxylation is 1. The number of carboxylic acids is 1. The minimum Gasteiger partial charge on any atom is -0.478 e. The van der Waals surface area contributed by atoms with Crippen molar-refractivity contribution in [2.45, 2.75) is 19.8 Å². The normalized spacial score (nSPS) is 16.1. The molecule has 0 bridgehead atoms. The van der Waals surface area contributed by atoms with Crippen LogP contribution in [0.25, 0.3) is 10.6 Å². The number of hydrogen-bond acceptors (Lipinski definition) is 5. The standard InChI is InChI=1S/C24H24ClN3O3S/c1-15-21(32-23(27-15)17-7-9-19(25)10-8-17)22(29)26-13-16-4-3-11-28(14-16)20-6-2-5-18(12-20)24(30)31/h2,5-10,12,16H,3-4,11,13-14H2,1H3,(H,26,29)(H,30,31)/t16-/m1/s1. The van der Waals surface area contributed by atoms with Crippen LogP contribution in [-0.2, 0) is 0 Å². The summed E-state index contributed by atoms with van der Waals surface area (Å²) in [5, 5.41) is 13.8. The van der Waals surface area contributed by atoms with Gasteiger partial charge in [-0.1, -0.05) is 29.8 Å². The zero-order valence-corrected chi connectivity index (χ0v) is 19.2. The molecule has 2 N–H and O–H groups in total. The first kappa shape index (κ1) is 22.3. The molecule has 0 radical (unpaired) electrons. The number of hydrogen-bond donors (Lipinski definition) is 2. The van der Waals surface area contributed by atoms with E-state index in [1.165, 1.54) is 11.3 Å². The van der Waals surface area contributed by atoms with Crippen LogP contribution >= 0.6 is 22.9 Å². The van der Waals surface area contributed by atoms with E-state index in [9.17, 15) is 14.7 Å². The summed E-state index contributed by atoms with van der Waals surface area (Å²) in [5.74, 6) is -0.735. The highest BCUT2D eigenvalue weighted by Crippen LogP contribution is 2.29. The quantitative estimate of drug-likeness (QED) is 0.523. The molecule has 4 rings (SSSR count). The molecule has 1 fully saturated rings. The van der Waals surface area contributed by atoms with Crippen LogP contribution in [0.15, 0.2) is 48.5 Å². The summed E-state index contributed by atoms with van der Waals surface area (Å²) < 4.78 is 0. The topological polar surface area (TPSA) is 82.5 Å². The van der Waals surface area contributed by atoms with E-state index in [4.69, 9.17) is 11.6 Å². The molecule has 3 aromatic rings. The van der Waals surface area contributed by atoms with Crippen molar-refractivity contribution in [1.82, 2.24) is 10.3 Å². The maximum Gasteiger partial charge on any atom is 0.335 e. The number of benzene rings is 2. The van der Waals surface area contributed by atoms with Gasteiger partial charge >= 0.3 is 5.97 Å². The minimum atomic E-state index is -0.925. The van der Waals surface area contributed by atoms with Gasteiger partial charge in [-0.25, -0.2) is 9.78 Å². The predicted molar refractivity (Wildman–Crippen MR) is 128 cm³/mol. The fourth-order valence-electron chi connectivity index (χ4n) is 3.94. The van der Waals surface area contributed by atoms with Crippen LogP contribution in [0.3, 0.4) is 0 Å². The van der Waals surface area contributed by atoms with E-state index in [1.54, 1.807) is 18.2 Å². The Bertz CT molecular complexity index is 1130. The third-order valence-corrected chi connectivity index (χ3v) is 7.08. The SMILES string of the molecule is Cc1nc(-c2ccc(Cl)cc2)sc1C(=O)NC[C@H]1CCCN(c2cccc(C(=O)O)c2)C1. The van der Waals surface area contributed by atoms with E-state index in [1.807, 2.05) is 37.3 Å². The molecule has 2 aromatic carbocycles. The Morgan fingerprint density at radius 1 is 1.25 bits per heavy atom. The van der Waals surface area contributed by atoms with Crippen molar-refractivity contribution in [3.63, 3.8) is 0 Å². The summed E-state index contributed by atoms with van der Waals surface area (Å²) in [4.78, 5) is 31.5. The molecule has 1 aromatic heterocycles. The summed E-state index contributed by atoms with van der Waals surface area (Å²) in [7, 11) is 0. The maximum absolute atomic E-state index is 12.8. The van der Waals surface area contributed by atoms with Gasteiger partial charge in [0.2, 0.25) is 0 Å². The summed E-state index contributed by atoms with van der Waals surface area (Å²) in [6, 6.07) is 14.5. The number of rotatable bonds is 6. The second-order valence-corrected chi connectivity index (χ2v) is 9.40. The number of aromatic nitrogens is 1. The van der Waals surface area contributed by atoms with E-state index in [2.05, 4.69) is 15.2 Å². The number of carbonyl (C=O) groups excluding carboxylic acids is 1. The summed E-state index contributed by atoms with van der Waals surface area (Å²) in [6.45, 7) is 4.08. The molecule has 6 nitrogen and oxygen atoms in total. The second-order valence-electron chi connectivity index (χ2n) is 7.96. The van der Waals surface area contributed by atoms with E-state index < -0.39 is 5.97 Å². The molecule has 1 aliphatic rings. The molecule has 1 aliphatic heterocycles. The van der Waals surface area contributed by atoms with Crippen LogP contribution in [0.5, 0.6) is 0 Å². The van der Waals surface area contributed by atoms with Crippen LogP contribution < -0.4 is 10.2 Å². The highest BCUT2D eigenvalue weighted by molar-refractivity contribution is 7.17. The smallest absolute Gasteiger partial charge is 0.335 e. The molecular weight excluding hydrogens is 446 g/mol. The first-order valence-electron chi connectivity index (χ1n) is 10.5. The zero-order valence-electron chi connectivity index (χ0n) is 17.7. The Labute approximate surface area is 195 Å². The number of amides is 1. The Balaban J connectivity index is 1.38. The summed E-state index contributed by atoms with van der Waals surface area (Å²) in [6.07, 6.45) is 2.02. The van der Waals surface area contributed by atoms with Crippen molar-refractivity contribution in [3.8, 4) is 10.6 Å². The van der Waals surface area contributed by atoms with E-state index >= 15 is 0 Å². The van der Waals surface area contributed by atoms with Gasteiger partial charge in [0.1, 0.15) is 9.88 Å². The van der Waals surface area contributed by atoms with Gasteiger partial charge in [0.25, 0.3) is 5.91 Å². The number of carbonyl (C=O) groups is 2. The van der Waals surface area contributed by atoms with Crippen LogP contribution in [0, 0.1) is 12.8 Å². The van der Waals surface area contributed by atoms with Gasteiger partial charge < -0.3 is 15.3 Å². The summed E-state index contributed by atoms with van der Waals surface area (Å²) >= 11 is 7.34. The number of thiazole rings is 1. The van der Waals surface area contributed by atoms with Gasteiger partial charge in [-0.05, 0) is 56.0 Å². The van der Waals surface area contributed by atoms with Gasteiger partial charge in [-0.2, -0.15) is 0 Å².